The molecule has 1 aromatic rings. The van der Waals surface area contributed by atoms with Gasteiger partial charge in [0.25, 0.3) is 0 Å². The Bertz CT molecular complexity index is 735. The fourth-order valence-corrected chi connectivity index (χ4v) is 5.07. The van der Waals surface area contributed by atoms with E-state index in [0.29, 0.717) is 44.8 Å². The SMILES string of the molecule is CCOc1ccc(S(=O)(=O)N2CCC[C@H](C(=O)N(CC)CC)C2)cc1Cl. The molecule has 1 heterocycles. The van der Waals surface area contributed by atoms with Crippen molar-refractivity contribution in [3.8, 4) is 5.75 Å². The molecule has 2 rings (SSSR count). The smallest absolute Gasteiger partial charge is 0.243 e. The van der Waals surface area contributed by atoms with Crippen molar-refractivity contribution in [1.82, 2.24) is 9.21 Å². The van der Waals surface area contributed by atoms with Crippen molar-refractivity contribution in [2.75, 3.05) is 32.8 Å². The van der Waals surface area contributed by atoms with Gasteiger partial charge in [0.2, 0.25) is 15.9 Å². The third-order valence-electron chi connectivity index (χ3n) is 4.65. The zero-order valence-electron chi connectivity index (χ0n) is 15.6. The number of amides is 1. The van der Waals surface area contributed by atoms with Gasteiger partial charge in [0.05, 0.1) is 22.4 Å². The van der Waals surface area contributed by atoms with Crippen LogP contribution in [-0.2, 0) is 14.8 Å². The third-order valence-corrected chi connectivity index (χ3v) is 6.81. The second-order valence-electron chi connectivity index (χ2n) is 6.24. The van der Waals surface area contributed by atoms with E-state index in [9.17, 15) is 13.2 Å². The van der Waals surface area contributed by atoms with Crippen LogP contribution < -0.4 is 4.74 Å². The predicted molar refractivity (Wildman–Crippen MR) is 102 cm³/mol. The lowest BCUT2D eigenvalue weighted by Crippen LogP contribution is -2.46. The average Bonchev–Trinajstić information content (AvgIpc) is 2.64. The quantitative estimate of drug-likeness (QED) is 0.703. The number of nitrogens with zero attached hydrogens (tertiary/aromatic N) is 2. The second kappa shape index (κ2) is 9.06. The van der Waals surface area contributed by atoms with Crippen LogP contribution in [0.4, 0.5) is 0 Å². The maximum absolute atomic E-state index is 13.0. The highest BCUT2D eigenvalue weighted by Crippen LogP contribution is 2.30. The molecule has 1 aliphatic rings. The number of sulfonamides is 1. The van der Waals surface area contributed by atoms with Crippen molar-refractivity contribution in [3.05, 3.63) is 23.2 Å². The monoisotopic (exact) mass is 402 g/mol. The Balaban J connectivity index is 2.20. The molecule has 0 aromatic heterocycles. The molecule has 146 valence electrons. The summed E-state index contributed by atoms with van der Waals surface area (Å²) in [5, 5.41) is 0.265. The molecular weight excluding hydrogens is 376 g/mol. The Kier molecular flexibility index (Phi) is 7.32. The van der Waals surface area contributed by atoms with Crippen molar-refractivity contribution < 1.29 is 17.9 Å². The number of hydrogen-bond donors (Lipinski definition) is 0. The van der Waals surface area contributed by atoms with E-state index < -0.39 is 10.0 Å². The standard InChI is InChI=1S/C18H27ClN2O4S/c1-4-20(5-2)18(22)14-8-7-11-21(13-14)26(23,24)15-9-10-17(25-6-3)16(19)12-15/h9-10,12,14H,4-8,11,13H2,1-3H3/t14-/m0/s1. The van der Waals surface area contributed by atoms with E-state index >= 15 is 0 Å². The summed E-state index contributed by atoms with van der Waals surface area (Å²) < 4.78 is 32.7. The van der Waals surface area contributed by atoms with Crippen LogP contribution in [0.3, 0.4) is 0 Å². The fraction of sp³-hybridized carbons (Fsp3) is 0.611. The molecule has 0 spiro atoms. The zero-order valence-corrected chi connectivity index (χ0v) is 17.1. The molecule has 1 aliphatic heterocycles. The van der Waals surface area contributed by atoms with Crippen LogP contribution in [0.5, 0.6) is 5.75 Å². The molecule has 6 nitrogen and oxygen atoms in total. The van der Waals surface area contributed by atoms with Crippen molar-refractivity contribution in [2.45, 2.75) is 38.5 Å². The normalized spacial score (nSPS) is 18.5. The first-order valence-electron chi connectivity index (χ1n) is 9.06. The predicted octanol–water partition coefficient (Wildman–Crippen LogP) is 3.01. The minimum absolute atomic E-state index is 0.0274. The van der Waals surface area contributed by atoms with E-state index in [0.717, 1.165) is 0 Å². The number of ether oxygens (including phenoxy) is 1. The first kappa shape index (κ1) is 21.0. The molecule has 1 fully saturated rings. The van der Waals surface area contributed by atoms with Gasteiger partial charge in [-0.15, -0.1) is 0 Å². The minimum atomic E-state index is -3.70. The summed E-state index contributed by atoms with van der Waals surface area (Å²) in [5.41, 5.74) is 0. The van der Waals surface area contributed by atoms with Crippen LogP contribution >= 0.6 is 11.6 Å². The molecule has 1 atom stereocenters. The Morgan fingerprint density at radius 3 is 2.58 bits per heavy atom. The number of halogens is 1. The van der Waals surface area contributed by atoms with Gasteiger partial charge in [0, 0.05) is 26.2 Å². The van der Waals surface area contributed by atoms with E-state index in [1.165, 1.54) is 16.4 Å². The molecule has 0 unspecified atom stereocenters. The van der Waals surface area contributed by atoms with Gasteiger partial charge >= 0.3 is 0 Å². The van der Waals surface area contributed by atoms with Gasteiger partial charge in [0.15, 0.2) is 0 Å². The van der Waals surface area contributed by atoms with Gasteiger partial charge in [-0.25, -0.2) is 8.42 Å². The van der Waals surface area contributed by atoms with Crippen molar-refractivity contribution in [2.24, 2.45) is 5.92 Å². The molecule has 0 N–H and O–H groups in total. The van der Waals surface area contributed by atoms with E-state index in [1.807, 2.05) is 20.8 Å². The molecule has 0 aliphatic carbocycles. The number of rotatable bonds is 7. The molecule has 0 bridgehead atoms. The minimum Gasteiger partial charge on any atom is -0.492 e. The number of carbonyl (C=O) groups is 1. The Morgan fingerprint density at radius 2 is 2.00 bits per heavy atom. The lowest BCUT2D eigenvalue weighted by Gasteiger charge is -2.33. The van der Waals surface area contributed by atoms with E-state index in [-0.39, 0.29) is 28.3 Å². The maximum atomic E-state index is 13.0. The molecule has 26 heavy (non-hydrogen) atoms. The highest BCUT2D eigenvalue weighted by molar-refractivity contribution is 7.89. The molecular formula is C18H27ClN2O4S. The number of hydrogen-bond acceptors (Lipinski definition) is 4. The van der Waals surface area contributed by atoms with Gasteiger partial charge in [-0.2, -0.15) is 4.31 Å². The van der Waals surface area contributed by atoms with Crippen LogP contribution in [0.2, 0.25) is 5.02 Å². The summed E-state index contributed by atoms with van der Waals surface area (Å²) in [4.78, 5) is 14.5. The van der Waals surface area contributed by atoms with Gasteiger partial charge in [-0.3, -0.25) is 4.79 Å². The molecule has 1 amide bonds. The average molecular weight is 403 g/mol. The number of piperidine rings is 1. The summed E-state index contributed by atoms with van der Waals surface area (Å²) >= 11 is 6.14. The summed E-state index contributed by atoms with van der Waals surface area (Å²) in [6.45, 7) is 8.04. The largest absolute Gasteiger partial charge is 0.492 e. The summed E-state index contributed by atoms with van der Waals surface area (Å²) in [6.07, 6.45) is 1.38. The van der Waals surface area contributed by atoms with E-state index in [1.54, 1.807) is 11.0 Å². The van der Waals surface area contributed by atoms with Crippen LogP contribution in [0.15, 0.2) is 23.1 Å². The first-order valence-corrected chi connectivity index (χ1v) is 10.9. The Morgan fingerprint density at radius 1 is 1.31 bits per heavy atom. The van der Waals surface area contributed by atoms with Gasteiger partial charge in [-0.05, 0) is 51.8 Å². The lowest BCUT2D eigenvalue weighted by atomic mass is 9.98. The number of benzene rings is 1. The number of carbonyl (C=O) groups excluding carboxylic acids is 1. The molecule has 1 aromatic carbocycles. The third kappa shape index (κ3) is 4.50. The molecule has 0 radical (unpaired) electrons. The van der Waals surface area contributed by atoms with Crippen molar-refractivity contribution in [1.29, 1.82) is 0 Å². The lowest BCUT2D eigenvalue weighted by molar-refractivity contribution is -0.136. The highest BCUT2D eigenvalue weighted by atomic mass is 35.5. The van der Waals surface area contributed by atoms with Gasteiger partial charge in [0.1, 0.15) is 5.75 Å². The maximum Gasteiger partial charge on any atom is 0.243 e. The molecule has 8 heteroatoms. The van der Waals surface area contributed by atoms with Crippen LogP contribution in [-0.4, -0.2) is 56.3 Å². The fourth-order valence-electron chi connectivity index (χ4n) is 3.22. The van der Waals surface area contributed by atoms with Crippen molar-refractivity contribution in [3.63, 3.8) is 0 Å². The van der Waals surface area contributed by atoms with Gasteiger partial charge < -0.3 is 9.64 Å². The first-order chi connectivity index (χ1) is 12.3. The van der Waals surface area contributed by atoms with Crippen LogP contribution in [0, 0.1) is 5.92 Å². The van der Waals surface area contributed by atoms with Crippen LogP contribution in [0.25, 0.3) is 0 Å². The second-order valence-corrected chi connectivity index (χ2v) is 8.58. The molecule has 1 saturated heterocycles. The summed E-state index contributed by atoms with van der Waals surface area (Å²) in [6, 6.07) is 4.49. The van der Waals surface area contributed by atoms with Crippen LogP contribution in [0.1, 0.15) is 33.6 Å². The van der Waals surface area contributed by atoms with E-state index in [4.69, 9.17) is 16.3 Å². The van der Waals surface area contributed by atoms with E-state index in [2.05, 4.69) is 0 Å². The Labute approximate surface area is 161 Å². The summed E-state index contributed by atoms with van der Waals surface area (Å²) in [7, 11) is -3.70. The topological polar surface area (TPSA) is 66.9 Å². The molecule has 0 saturated carbocycles. The Hall–Kier alpha value is -1.31. The van der Waals surface area contributed by atoms with Gasteiger partial charge in [-0.1, -0.05) is 11.6 Å². The van der Waals surface area contributed by atoms with Crippen molar-refractivity contribution >= 4 is 27.5 Å². The zero-order chi connectivity index (χ0) is 19.3. The highest BCUT2D eigenvalue weighted by Gasteiger charge is 2.34. The summed E-state index contributed by atoms with van der Waals surface area (Å²) in [5.74, 6) is 0.192.